The Hall–Kier alpha value is -1.20. The van der Waals surface area contributed by atoms with Crippen LogP contribution in [-0.4, -0.2) is 42.7 Å². The van der Waals surface area contributed by atoms with E-state index in [0.717, 1.165) is 5.56 Å². The Bertz CT molecular complexity index is 317. The molecule has 3 nitrogen and oxygen atoms in total. The Morgan fingerprint density at radius 1 is 1.18 bits per heavy atom. The Kier molecular flexibility index (Phi) is 5.86. The van der Waals surface area contributed by atoms with E-state index in [2.05, 4.69) is 0 Å². The highest BCUT2D eigenvalue weighted by molar-refractivity contribution is 5.39. The fourth-order valence-corrected chi connectivity index (χ4v) is 1.60. The van der Waals surface area contributed by atoms with Crippen molar-refractivity contribution in [3.63, 3.8) is 0 Å². The highest BCUT2D eigenvalue weighted by Gasteiger charge is 2.11. The number of aliphatic hydroxyl groups is 1. The summed E-state index contributed by atoms with van der Waals surface area (Å²) < 4.78 is 24.5. The molecular weight excluding hydrogens is 226 g/mol. The topological polar surface area (TPSA) is 49.5 Å². The molecule has 1 aromatic rings. The molecular formula is C12H18F2N2O. The second-order valence-corrected chi connectivity index (χ2v) is 3.91. The molecule has 0 aromatic heterocycles. The van der Waals surface area contributed by atoms with Gasteiger partial charge in [0.15, 0.2) is 0 Å². The van der Waals surface area contributed by atoms with E-state index in [4.69, 9.17) is 10.8 Å². The van der Waals surface area contributed by atoms with E-state index in [1.54, 1.807) is 17.0 Å². The van der Waals surface area contributed by atoms with Gasteiger partial charge < -0.3 is 10.8 Å². The van der Waals surface area contributed by atoms with Gasteiger partial charge in [-0.25, -0.2) is 8.78 Å². The normalized spacial score (nSPS) is 11.4. The van der Waals surface area contributed by atoms with E-state index in [0.29, 0.717) is 18.7 Å². The van der Waals surface area contributed by atoms with Gasteiger partial charge in [-0.05, 0) is 24.1 Å². The number of halogens is 2. The number of aliphatic hydroxyl groups excluding tert-OH is 1. The van der Waals surface area contributed by atoms with Crippen molar-refractivity contribution in [1.29, 1.82) is 0 Å². The molecule has 0 saturated heterocycles. The molecule has 0 radical (unpaired) electrons. The van der Waals surface area contributed by atoms with Crippen molar-refractivity contribution >= 4 is 5.69 Å². The zero-order valence-electron chi connectivity index (χ0n) is 9.65. The lowest BCUT2D eigenvalue weighted by atomic mass is 10.1. The van der Waals surface area contributed by atoms with Gasteiger partial charge in [0.1, 0.15) is 0 Å². The van der Waals surface area contributed by atoms with Gasteiger partial charge in [0.25, 0.3) is 6.43 Å². The molecule has 0 fully saturated rings. The van der Waals surface area contributed by atoms with E-state index < -0.39 is 6.43 Å². The quantitative estimate of drug-likeness (QED) is 0.712. The third kappa shape index (κ3) is 5.60. The Labute approximate surface area is 99.8 Å². The van der Waals surface area contributed by atoms with Gasteiger partial charge in [0, 0.05) is 18.8 Å². The number of hydrogen-bond acceptors (Lipinski definition) is 3. The number of nitrogen functional groups attached to an aromatic ring is 1. The van der Waals surface area contributed by atoms with Crippen LogP contribution in [0.4, 0.5) is 14.5 Å². The Morgan fingerprint density at radius 2 is 1.82 bits per heavy atom. The summed E-state index contributed by atoms with van der Waals surface area (Å²) in [5.74, 6) is 0. The number of alkyl halides is 2. The lowest BCUT2D eigenvalue weighted by Gasteiger charge is -2.20. The molecule has 0 saturated carbocycles. The molecule has 5 heteroatoms. The van der Waals surface area contributed by atoms with Gasteiger partial charge in [-0.15, -0.1) is 0 Å². The summed E-state index contributed by atoms with van der Waals surface area (Å²) in [5.41, 5.74) is 7.29. The Balaban J connectivity index is 2.42. The largest absolute Gasteiger partial charge is 0.399 e. The zero-order chi connectivity index (χ0) is 12.7. The molecule has 0 aliphatic heterocycles. The van der Waals surface area contributed by atoms with Crippen LogP contribution in [0, 0.1) is 0 Å². The molecule has 0 aliphatic rings. The molecule has 1 rings (SSSR count). The molecule has 0 spiro atoms. The maximum absolute atomic E-state index is 12.2. The van der Waals surface area contributed by atoms with E-state index in [1.165, 1.54) is 0 Å². The van der Waals surface area contributed by atoms with Crippen molar-refractivity contribution in [1.82, 2.24) is 4.90 Å². The van der Waals surface area contributed by atoms with Crippen molar-refractivity contribution < 1.29 is 13.9 Å². The second-order valence-electron chi connectivity index (χ2n) is 3.91. The molecule has 0 amide bonds. The van der Waals surface area contributed by atoms with Crippen LogP contribution in [0.1, 0.15) is 5.56 Å². The summed E-state index contributed by atoms with van der Waals surface area (Å²) in [6.45, 7) is 0.387. The fraction of sp³-hybridized carbons (Fsp3) is 0.500. The van der Waals surface area contributed by atoms with Crippen LogP contribution in [0.2, 0.25) is 0 Å². The van der Waals surface area contributed by atoms with E-state index >= 15 is 0 Å². The average Bonchev–Trinajstić information content (AvgIpc) is 2.27. The smallest absolute Gasteiger partial charge is 0.251 e. The van der Waals surface area contributed by atoms with Crippen LogP contribution in [0.5, 0.6) is 0 Å². The highest BCUT2D eigenvalue weighted by atomic mass is 19.3. The first-order chi connectivity index (χ1) is 8.11. The first-order valence-electron chi connectivity index (χ1n) is 5.57. The first kappa shape index (κ1) is 13.9. The van der Waals surface area contributed by atoms with Crippen LogP contribution >= 0.6 is 0 Å². The molecule has 96 valence electrons. The monoisotopic (exact) mass is 244 g/mol. The van der Waals surface area contributed by atoms with Crippen molar-refractivity contribution in [2.45, 2.75) is 12.8 Å². The van der Waals surface area contributed by atoms with E-state index in [9.17, 15) is 8.78 Å². The maximum Gasteiger partial charge on any atom is 0.251 e. The summed E-state index contributed by atoms with van der Waals surface area (Å²) in [6, 6.07) is 7.35. The van der Waals surface area contributed by atoms with Gasteiger partial charge >= 0.3 is 0 Å². The van der Waals surface area contributed by atoms with Crippen molar-refractivity contribution in [3.8, 4) is 0 Å². The van der Waals surface area contributed by atoms with Crippen molar-refractivity contribution in [2.24, 2.45) is 0 Å². The van der Waals surface area contributed by atoms with Crippen molar-refractivity contribution in [3.05, 3.63) is 29.8 Å². The predicted octanol–water partition coefficient (Wildman–Crippen LogP) is 1.37. The fourth-order valence-electron chi connectivity index (χ4n) is 1.60. The minimum atomic E-state index is -2.37. The Morgan fingerprint density at radius 3 is 2.35 bits per heavy atom. The van der Waals surface area contributed by atoms with Crippen LogP contribution in [0.3, 0.4) is 0 Å². The minimum Gasteiger partial charge on any atom is -0.399 e. The van der Waals surface area contributed by atoms with Crippen LogP contribution in [0.25, 0.3) is 0 Å². The standard InChI is InChI=1S/C12H18F2N2O/c13-12(14)9-16(7-8-17)6-5-10-1-3-11(15)4-2-10/h1-4,12,17H,5-9,15H2. The number of anilines is 1. The maximum atomic E-state index is 12.2. The number of hydrogen-bond donors (Lipinski definition) is 2. The van der Waals surface area contributed by atoms with E-state index in [1.807, 2.05) is 12.1 Å². The average molecular weight is 244 g/mol. The molecule has 3 N–H and O–H groups in total. The summed E-state index contributed by atoms with van der Waals surface area (Å²) in [4.78, 5) is 1.56. The molecule has 0 bridgehead atoms. The number of rotatable bonds is 7. The molecule has 0 heterocycles. The van der Waals surface area contributed by atoms with Gasteiger partial charge in [-0.1, -0.05) is 12.1 Å². The third-order valence-corrected chi connectivity index (χ3v) is 2.51. The van der Waals surface area contributed by atoms with Gasteiger partial charge in [-0.2, -0.15) is 0 Å². The first-order valence-corrected chi connectivity index (χ1v) is 5.57. The predicted molar refractivity (Wildman–Crippen MR) is 64.1 cm³/mol. The minimum absolute atomic E-state index is 0.103. The number of benzene rings is 1. The summed E-state index contributed by atoms with van der Waals surface area (Å²) in [7, 11) is 0. The molecule has 17 heavy (non-hydrogen) atoms. The molecule has 0 aliphatic carbocycles. The SMILES string of the molecule is Nc1ccc(CCN(CCO)CC(F)F)cc1. The summed E-state index contributed by atoms with van der Waals surface area (Å²) >= 11 is 0. The van der Waals surface area contributed by atoms with Crippen LogP contribution in [-0.2, 0) is 6.42 Å². The van der Waals surface area contributed by atoms with Crippen molar-refractivity contribution in [2.75, 3.05) is 32.0 Å². The van der Waals surface area contributed by atoms with Gasteiger partial charge in [-0.3, -0.25) is 4.90 Å². The third-order valence-electron chi connectivity index (χ3n) is 2.51. The lowest BCUT2D eigenvalue weighted by molar-refractivity contribution is 0.0789. The summed E-state index contributed by atoms with van der Waals surface area (Å²) in [6.07, 6.45) is -1.69. The summed E-state index contributed by atoms with van der Waals surface area (Å²) in [5, 5.41) is 8.78. The second kappa shape index (κ2) is 7.19. The lowest BCUT2D eigenvalue weighted by Crippen LogP contribution is -2.33. The number of nitrogens with zero attached hydrogens (tertiary/aromatic N) is 1. The van der Waals surface area contributed by atoms with Crippen LogP contribution < -0.4 is 5.73 Å². The van der Waals surface area contributed by atoms with E-state index in [-0.39, 0.29) is 19.7 Å². The van der Waals surface area contributed by atoms with Gasteiger partial charge in [0.2, 0.25) is 0 Å². The molecule has 1 aromatic carbocycles. The number of nitrogens with two attached hydrogens (primary N) is 1. The molecule has 0 unspecified atom stereocenters. The van der Waals surface area contributed by atoms with Crippen LogP contribution in [0.15, 0.2) is 24.3 Å². The molecule has 0 atom stereocenters. The van der Waals surface area contributed by atoms with Gasteiger partial charge in [0.05, 0.1) is 13.2 Å². The highest BCUT2D eigenvalue weighted by Crippen LogP contribution is 2.07. The zero-order valence-corrected chi connectivity index (χ0v) is 9.65.